The Morgan fingerprint density at radius 1 is 1.30 bits per heavy atom. The van der Waals surface area contributed by atoms with Crippen LogP contribution in [-0.2, 0) is 14.3 Å². The topological polar surface area (TPSA) is 83.8 Å². The Labute approximate surface area is 162 Å². The second-order valence-electron chi connectivity index (χ2n) is 9.12. The van der Waals surface area contributed by atoms with Gasteiger partial charge in [0.25, 0.3) is 0 Å². The van der Waals surface area contributed by atoms with Crippen LogP contribution in [0.2, 0.25) is 0 Å². The van der Waals surface area contributed by atoms with Gasteiger partial charge in [-0.05, 0) is 67.9 Å². The summed E-state index contributed by atoms with van der Waals surface area (Å²) in [5.41, 5.74) is 1.17. The summed E-state index contributed by atoms with van der Waals surface area (Å²) in [4.78, 5) is 22.1. The Morgan fingerprint density at radius 3 is 2.56 bits per heavy atom. The van der Waals surface area contributed by atoms with Crippen LogP contribution < -0.4 is 0 Å². The van der Waals surface area contributed by atoms with Crippen molar-refractivity contribution >= 4 is 12.3 Å². The molecule has 0 heterocycles. The lowest BCUT2D eigenvalue weighted by Crippen LogP contribution is -2.58. The number of aliphatic hydroxyl groups is 2. The Kier molecular flexibility index (Phi) is 6.69. The molecule has 0 aromatic rings. The fourth-order valence-corrected chi connectivity index (χ4v) is 5.68. The average molecular weight is 379 g/mol. The highest BCUT2D eigenvalue weighted by atomic mass is 16.5. The monoisotopic (exact) mass is 378 g/mol. The number of carbonyl (C=O) groups excluding carboxylic acids is 2. The third-order valence-corrected chi connectivity index (χ3v) is 6.93. The van der Waals surface area contributed by atoms with Crippen molar-refractivity contribution < 1.29 is 24.5 Å². The number of ether oxygens (including phenoxy) is 1. The number of carbonyl (C=O) groups is 2. The number of hydrogen-bond acceptors (Lipinski definition) is 5. The predicted octanol–water partition coefficient (Wildman–Crippen LogP) is 3.20. The van der Waals surface area contributed by atoms with Gasteiger partial charge in [0.1, 0.15) is 6.29 Å². The number of allylic oxidation sites excluding steroid dienone is 2. The fourth-order valence-electron chi connectivity index (χ4n) is 5.68. The first-order valence-corrected chi connectivity index (χ1v) is 9.82. The third kappa shape index (κ3) is 4.52. The molecule has 0 unspecified atom stereocenters. The molecule has 0 bridgehead atoms. The van der Waals surface area contributed by atoms with Gasteiger partial charge in [-0.15, -0.1) is 0 Å². The van der Waals surface area contributed by atoms with Crippen LogP contribution in [0.5, 0.6) is 0 Å². The molecule has 2 aliphatic rings. The van der Waals surface area contributed by atoms with E-state index in [-0.39, 0.29) is 29.8 Å². The lowest BCUT2D eigenvalue weighted by atomic mass is 9.45. The van der Waals surface area contributed by atoms with E-state index >= 15 is 0 Å². The van der Waals surface area contributed by atoms with Crippen LogP contribution in [0.25, 0.3) is 0 Å². The summed E-state index contributed by atoms with van der Waals surface area (Å²) in [5, 5.41) is 21.4. The first-order chi connectivity index (χ1) is 12.5. The highest BCUT2D eigenvalue weighted by Gasteiger charge is 2.58. The molecule has 0 aromatic carbocycles. The maximum absolute atomic E-state index is 11.4. The molecule has 0 radical (unpaired) electrons. The summed E-state index contributed by atoms with van der Waals surface area (Å²) < 4.78 is 5.35. The van der Waals surface area contributed by atoms with Crippen molar-refractivity contribution in [2.75, 3.05) is 6.61 Å². The molecule has 2 saturated carbocycles. The molecule has 0 aliphatic heterocycles. The van der Waals surface area contributed by atoms with Crippen molar-refractivity contribution in [3.8, 4) is 0 Å². The van der Waals surface area contributed by atoms with Crippen molar-refractivity contribution in [2.45, 2.75) is 72.0 Å². The predicted molar refractivity (Wildman–Crippen MR) is 104 cm³/mol. The minimum Gasteiger partial charge on any atom is -0.465 e. The molecule has 6 atom stereocenters. The van der Waals surface area contributed by atoms with Gasteiger partial charge < -0.3 is 14.9 Å². The Hall–Kier alpha value is -1.46. The summed E-state index contributed by atoms with van der Waals surface area (Å²) >= 11 is 0. The van der Waals surface area contributed by atoms with E-state index in [1.807, 2.05) is 6.92 Å². The van der Waals surface area contributed by atoms with Gasteiger partial charge in [-0.3, -0.25) is 9.59 Å². The standard InChI is InChI=1S/C22H34O5/c1-14(8-9-23)6-7-18-15(2)19(26)10-20-21(4,13-27-16(3)24)11-17(25)12-22(18,20)5/h8-9,17-20,25-26H,2,6-7,10-13H2,1,3-5H3/b14-8-/t17-,18-,19+,20-,21+,22+/m0/s1. The number of aldehydes is 1. The van der Waals surface area contributed by atoms with Crippen LogP contribution in [0, 0.1) is 22.7 Å². The van der Waals surface area contributed by atoms with Gasteiger partial charge in [0.15, 0.2) is 0 Å². The molecule has 2 N–H and O–H groups in total. The van der Waals surface area contributed by atoms with Gasteiger partial charge in [0, 0.05) is 12.3 Å². The molecule has 2 rings (SSSR count). The molecule has 2 aliphatic carbocycles. The highest BCUT2D eigenvalue weighted by Crippen LogP contribution is 2.62. The zero-order valence-electron chi connectivity index (χ0n) is 17.0. The van der Waals surface area contributed by atoms with E-state index in [0.717, 1.165) is 30.3 Å². The van der Waals surface area contributed by atoms with E-state index in [1.165, 1.54) is 6.92 Å². The maximum atomic E-state index is 11.4. The van der Waals surface area contributed by atoms with Crippen molar-refractivity contribution in [3.63, 3.8) is 0 Å². The summed E-state index contributed by atoms with van der Waals surface area (Å²) in [5.74, 6) is -0.189. The molecule has 2 fully saturated rings. The van der Waals surface area contributed by atoms with Gasteiger partial charge in [0.05, 0.1) is 18.8 Å². The van der Waals surface area contributed by atoms with Crippen LogP contribution in [0.15, 0.2) is 23.8 Å². The SMILES string of the molecule is C=C1[C@H](O)C[C@H]2[C@@](C)(COC(C)=O)C[C@H](O)C[C@]2(C)[C@H]1CC/C(C)=C\C=O. The minimum absolute atomic E-state index is 0.0351. The molecular formula is C22H34O5. The lowest BCUT2D eigenvalue weighted by molar-refractivity contribution is -0.167. The van der Waals surface area contributed by atoms with E-state index in [2.05, 4.69) is 20.4 Å². The summed E-state index contributed by atoms with van der Waals surface area (Å²) in [6, 6.07) is 0. The van der Waals surface area contributed by atoms with Gasteiger partial charge >= 0.3 is 5.97 Å². The van der Waals surface area contributed by atoms with Crippen molar-refractivity contribution in [2.24, 2.45) is 22.7 Å². The molecule has 0 amide bonds. The normalized spacial score (nSPS) is 39.6. The number of fused-ring (bicyclic) bond motifs is 1. The first-order valence-electron chi connectivity index (χ1n) is 9.82. The summed E-state index contributed by atoms with van der Waals surface area (Å²) in [7, 11) is 0. The minimum atomic E-state index is -0.602. The molecule has 152 valence electrons. The van der Waals surface area contributed by atoms with Crippen LogP contribution in [-0.4, -0.2) is 41.3 Å². The Bertz CT molecular complexity index is 624. The molecule has 5 nitrogen and oxygen atoms in total. The number of esters is 1. The van der Waals surface area contributed by atoms with Gasteiger partial charge in [-0.25, -0.2) is 0 Å². The third-order valence-electron chi connectivity index (χ3n) is 6.93. The average Bonchev–Trinajstić information content (AvgIpc) is 2.55. The smallest absolute Gasteiger partial charge is 0.302 e. The molecule has 0 aromatic heterocycles. The van der Waals surface area contributed by atoms with E-state index in [9.17, 15) is 19.8 Å². The summed E-state index contributed by atoms with van der Waals surface area (Å²) in [6.45, 7) is 12.0. The zero-order valence-corrected chi connectivity index (χ0v) is 17.0. The van der Waals surface area contributed by atoms with E-state index in [4.69, 9.17) is 4.74 Å². The summed E-state index contributed by atoms with van der Waals surface area (Å²) in [6.07, 6.45) is 4.56. The quantitative estimate of drug-likeness (QED) is 0.321. The van der Waals surface area contributed by atoms with Crippen LogP contribution in [0.4, 0.5) is 0 Å². The Balaban J connectivity index is 2.35. The largest absolute Gasteiger partial charge is 0.465 e. The number of aliphatic hydroxyl groups excluding tert-OH is 2. The van der Waals surface area contributed by atoms with Crippen molar-refractivity contribution in [3.05, 3.63) is 23.8 Å². The molecular weight excluding hydrogens is 344 g/mol. The van der Waals surface area contributed by atoms with Crippen molar-refractivity contribution in [1.29, 1.82) is 0 Å². The molecule has 27 heavy (non-hydrogen) atoms. The zero-order chi connectivity index (χ0) is 20.4. The van der Waals surface area contributed by atoms with Gasteiger partial charge in [0.2, 0.25) is 0 Å². The second kappa shape index (κ2) is 8.27. The van der Waals surface area contributed by atoms with E-state index in [0.29, 0.717) is 19.3 Å². The van der Waals surface area contributed by atoms with Gasteiger partial charge in [-0.1, -0.05) is 26.0 Å². The maximum Gasteiger partial charge on any atom is 0.302 e. The van der Waals surface area contributed by atoms with Crippen molar-refractivity contribution in [1.82, 2.24) is 0 Å². The van der Waals surface area contributed by atoms with E-state index in [1.54, 1.807) is 6.08 Å². The van der Waals surface area contributed by atoms with E-state index < -0.39 is 17.6 Å². The van der Waals surface area contributed by atoms with Gasteiger partial charge in [-0.2, -0.15) is 0 Å². The van der Waals surface area contributed by atoms with Crippen LogP contribution in [0.3, 0.4) is 0 Å². The lowest BCUT2D eigenvalue weighted by Gasteiger charge is -2.60. The van der Waals surface area contributed by atoms with Crippen LogP contribution >= 0.6 is 0 Å². The number of rotatable bonds is 6. The first kappa shape index (κ1) is 21.8. The van der Waals surface area contributed by atoms with Crippen LogP contribution in [0.1, 0.15) is 59.8 Å². The molecule has 0 saturated heterocycles. The molecule has 0 spiro atoms. The molecule has 5 heteroatoms. The fraction of sp³-hybridized carbons (Fsp3) is 0.727. The number of hydrogen-bond donors (Lipinski definition) is 2. The second-order valence-corrected chi connectivity index (χ2v) is 9.12. The highest BCUT2D eigenvalue weighted by molar-refractivity contribution is 5.66. The Morgan fingerprint density at radius 2 is 1.96 bits per heavy atom.